The van der Waals surface area contributed by atoms with E-state index in [2.05, 4.69) is 51.3 Å². The zero-order valence-corrected chi connectivity index (χ0v) is 16.3. The Balaban J connectivity index is 0.000000220. The predicted molar refractivity (Wildman–Crippen MR) is 99.5 cm³/mol. The van der Waals surface area contributed by atoms with Crippen LogP contribution in [0.1, 0.15) is 86.5 Å². The van der Waals surface area contributed by atoms with Gasteiger partial charge in [0.05, 0.1) is 0 Å². The minimum Gasteiger partial charge on any atom is -0.301 e. The van der Waals surface area contributed by atoms with Crippen molar-refractivity contribution in [2.24, 2.45) is 5.92 Å². The average molecular weight is 311 g/mol. The quantitative estimate of drug-likeness (QED) is 0.693. The van der Waals surface area contributed by atoms with Crippen LogP contribution in [0.15, 0.2) is 0 Å². The second kappa shape index (κ2) is 10.6. The van der Waals surface area contributed by atoms with E-state index in [0.29, 0.717) is 0 Å². The third-order valence-electron chi connectivity index (χ3n) is 5.44. The van der Waals surface area contributed by atoms with Crippen LogP contribution < -0.4 is 0 Å². The van der Waals surface area contributed by atoms with Crippen LogP contribution in [0.25, 0.3) is 0 Å². The summed E-state index contributed by atoms with van der Waals surface area (Å²) in [5.74, 6) is 0.917. The SMILES string of the molecule is CC(C)N1CCCCC[C@H]1C.CC(C)N1CCCC[C@@H](C)C1. The highest BCUT2D eigenvalue weighted by atomic mass is 15.2. The molecule has 2 heterocycles. The summed E-state index contributed by atoms with van der Waals surface area (Å²) in [6.45, 7) is 17.9. The van der Waals surface area contributed by atoms with Crippen LogP contribution in [0.4, 0.5) is 0 Å². The maximum Gasteiger partial charge on any atom is 0.00696 e. The van der Waals surface area contributed by atoms with Crippen LogP contribution in [0.3, 0.4) is 0 Å². The molecule has 0 amide bonds. The Morgan fingerprint density at radius 2 is 1.36 bits per heavy atom. The summed E-state index contributed by atoms with van der Waals surface area (Å²) < 4.78 is 0. The number of nitrogens with zero attached hydrogens (tertiary/aromatic N) is 2. The number of likely N-dealkylation sites (tertiary alicyclic amines) is 2. The maximum absolute atomic E-state index is 2.63. The molecule has 2 aliphatic rings. The summed E-state index contributed by atoms with van der Waals surface area (Å²) in [6.07, 6.45) is 9.95. The second-order valence-electron chi connectivity index (χ2n) is 8.22. The fraction of sp³-hybridized carbons (Fsp3) is 1.00. The van der Waals surface area contributed by atoms with Crippen molar-refractivity contribution in [2.45, 2.75) is 105 Å². The summed E-state index contributed by atoms with van der Waals surface area (Å²) in [4.78, 5) is 5.24. The van der Waals surface area contributed by atoms with Crippen LogP contribution in [0.5, 0.6) is 0 Å². The highest BCUT2D eigenvalue weighted by Gasteiger charge is 2.18. The summed E-state index contributed by atoms with van der Waals surface area (Å²) in [7, 11) is 0. The average Bonchev–Trinajstić information content (AvgIpc) is 2.79. The van der Waals surface area contributed by atoms with Crippen molar-refractivity contribution in [2.75, 3.05) is 19.6 Å². The summed E-state index contributed by atoms with van der Waals surface area (Å²) in [5, 5.41) is 0. The van der Waals surface area contributed by atoms with Crippen LogP contribution >= 0.6 is 0 Å². The van der Waals surface area contributed by atoms with Crippen LogP contribution in [0, 0.1) is 5.92 Å². The molecule has 2 aliphatic heterocycles. The molecule has 0 aromatic carbocycles. The van der Waals surface area contributed by atoms with Gasteiger partial charge in [-0.05, 0) is 79.3 Å². The molecule has 2 nitrogen and oxygen atoms in total. The molecule has 0 aliphatic carbocycles. The van der Waals surface area contributed by atoms with Gasteiger partial charge in [0.2, 0.25) is 0 Å². The largest absolute Gasteiger partial charge is 0.301 e. The third kappa shape index (κ3) is 7.46. The molecule has 0 spiro atoms. The Kier molecular flexibility index (Phi) is 9.66. The first-order valence-corrected chi connectivity index (χ1v) is 9.91. The normalized spacial score (nSPS) is 28.9. The van der Waals surface area contributed by atoms with Gasteiger partial charge in [0.25, 0.3) is 0 Å². The minimum absolute atomic E-state index is 0.739. The number of hydrogen-bond donors (Lipinski definition) is 0. The van der Waals surface area contributed by atoms with Gasteiger partial charge >= 0.3 is 0 Å². The van der Waals surface area contributed by atoms with E-state index in [1.54, 1.807) is 0 Å². The molecular formula is C20H42N2. The molecular weight excluding hydrogens is 268 g/mol. The van der Waals surface area contributed by atoms with Gasteiger partial charge in [0, 0.05) is 24.7 Å². The highest BCUT2D eigenvalue weighted by Crippen LogP contribution is 2.18. The van der Waals surface area contributed by atoms with Crippen molar-refractivity contribution < 1.29 is 0 Å². The highest BCUT2D eigenvalue weighted by molar-refractivity contribution is 4.74. The smallest absolute Gasteiger partial charge is 0.00696 e. The van der Waals surface area contributed by atoms with Crippen LogP contribution in [-0.4, -0.2) is 47.6 Å². The molecule has 0 bridgehead atoms. The van der Waals surface area contributed by atoms with E-state index in [1.165, 1.54) is 64.6 Å². The van der Waals surface area contributed by atoms with Crippen molar-refractivity contribution in [1.82, 2.24) is 9.80 Å². The molecule has 2 saturated heterocycles. The van der Waals surface area contributed by atoms with Gasteiger partial charge in [-0.1, -0.05) is 26.2 Å². The van der Waals surface area contributed by atoms with Crippen molar-refractivity contribution in [3.63, 3.8) is 0 Å². The minimum atomic E-state index is 0.739. The van der Waals surface area contributed by atoms with Gasteiger partial charge in [-0.25, -0.2) is 0 Å². The van der Waals surface area contributed by atoms with Crippen molar-refractivity contribution in [3.05, 3.63) is 0 Å². The van der Waals surface area contributed by atoms with E-state index in [9.17, 15) is 0 Å². The van der Waals surface area contributed by atoms with E-state index in [1.807, 2.05) is 0 Å². The fourth-order valence-corrected chi connectivity index (χ4v) is 3.92. The lowest BCUT2D eigenvalue weighted by atomic mass is 10.1. The Morgan fingerprint density at radius 3 is 2.00 bits per heavy atom. The molecule has 2 heteroatoms. The Morgan fingerprint density at radius 1 is 0.727 bits per heavy atom. The third-order valence-corrected chi connectivity index (χ3v) is 5.44. The monoisotopic (exact) mass is 310 g/mol. The van der Waals surface area contributed by atoms with Gasteiger partial charge in [-0.15, -0.1) is 0 Å². The zero-order valence-electron chi connectivity index (χ0n) is 16.3. The molecule has 2 atom stereocenters. The predicted octanol–water partition coefficient (Wildman–Crippen LogP) is 5.18. The van der Waals surface area contributed by atoms with Gasteiger partial charge < -0.3 is 4.90 Å². The lowest BCUT2D eigenvalue weighted by Crippen LogP contribution is -2.38. The lowest BCUT2D eigenvalue weighted by molar-refractivity contribution is 0.168. The standard InChI is InChI=1S/2C10H21N/c1-9(2)11-7-5-4-6-10(3)8-11;1-9(2)11-8-6-4-5-7-10(11)3/h2*9-10H,4-8H2,1-3H3/t2*10-/m11/s1. The first-order chi connectivity index (χ1) is 10.4. The van der Waals surface area contributed by atoms with Crippen molar-refractivity contribution in [3.8, 4) is 0 Å². The first-order valence-electron chi connectivity index (χ1n) is 9.91. The van der Waals surface area contributed by atoms with E-state index < -0.39 is 0 Å². The molecule has 2 rings (SSSR count). The van der Waals surface area contributed by atoms with Crippen LogP contribution in [-0.2, 0) is 0 Å². The molecule has 2 fully saturated rings. The van der Waals surface area contributed by atoms with Crippen molar-refractivity contribution in [1.29, 1.82) is 0 Å². The first kappa shape index (κ1) is 20.0. The Bertz CT molecular complexity index is 275. The number of hydrogen-bond acceptors (Lipinski definition) is 2. The molecule has 0 unspecified atom stereocenters. The Labute approximate surface area is 140 Å². The second-order valence-corrected chi connectivity index (χ2v) is 8.22. The molecule has 0 aromatic heterocycles. The van der Waals surface area contributed by atoms with Crippen LogP contribution in [0.2, 0.25) is 0 Å². The molecule has 0 saturated carbocycles. The fourth-order valence-electron chi connectivity index (χ4n) is 3.92. The zero-order chi connectivity index (χ0) is 16.5. The van der Waals surface area contributed by atoms with Gasteiger partial charge in [-0.2, -0.15) is 0 Å². The van der Waals surface area contributed by atoms with E-state index in [4.69, 9.17) is 0 Å². The number of rotatable bonds is 2. The topological polar surface area (TPSA) is 6.48 Å². The van der Waals surface area contributed by atoms with Gasteiger partial charge in [0.1, 0.15) is 0 Å². The summed E-state index contributed by atoms with van der Waals surface area (Å²) in [6, 6.07) is 2.30. The lowest BCUT2D eigenvalue weighted by Gasteiger charge is -2.30. The van der Waals surface area contributed by atoms with E-state index >= 15 is 0 Å². The summed E-state index contributed by atoms with van der Waals surface area (Å²) in [5.41, 5.74) is 0. The van der Waals surface area contributed by atoms with Gasteiger partial charge in [0.15, 0.2) is 0 Å². The molecule has 22 heavy (non-hydrogen) atoms. The van der Waals surface area contributed by atoms with Crippen molar-refractivity contribution >= 4 is 0 Å². The van der Waals surface area contributed by atoms with E-state index in [-0.39, 0.29) is 0 Å². The Hall–Kier alpha value is -0.0800. The molecule has 0 N–H and O–H groups in total. The maximum atomic E-state index is 2.63. The van der Waals surface area contributed by atoms with Gasteiger partial charge in [-0.3, -0.25) is 4.90 Å². The summed E-state index contributed by atoms with van der Waals surface area (Å²) >= 11 is 0. The molecule has 0 radical (unpaired) electrons. The molecule has 132 valence electrons. The van der Waals surface area contributed by atoms with E-state index in [0.717, 1.165) is 24.0 Å². The molecule has 0 aromatic rings.